The molecule has 7 nitrogen and oxygen atoms in total. The Bertz CT molecular complexity index is 975. The second-order valence-electron chi connectivity index (χ2n) is 6.01. The van der Waals surface area contributed by atoms with Gasteiger partial charge in [0.1, 0.15) is 0 Å². The lowest BCUT2D eigenvalue weighted by molar-refractivity contribution is -0.126. The van der Waals surface area contributed by atoms with E-state index in [1.54, 1.807) is 19.1 Å². The summed E-state index contributed by atoms with van der Waals surface area (Å²) in [6, 6.07) is 11.1. The highest BCUT2D eigenvalue weighted by atomic mass is 35.5. The van der Waals surface area contributed by atoms with Crippen LogP contribution in [0.2, 0.25) is 5.02 Å². The lowest BCUT2D eigenvalue weighted by atomic mass is 9.95. The van der Waals surface area contributed by atoms with Crippen LogP contribution in [0.15, 0.2) is 36.4 Å². The average molecular weight is 397 g/mol. The molecule has 0 fully saturated rings. The summed E-state index contributed by atoms with van der Waals surface area (Å²) in [4.78, 5) is 27.7. The van der Waals surface area contributed by atoms with Crippen molar-refractivity contribution in [3.63, 3.8) is 0 Å². The number of carbonyl (C=O) groups excluding carboxylic acids is 2. The number of nitrogens with one attached hydrogen (secondary N) is 2. The molecule has 0 saturated heterocycles. The van der Waals surface area contributed by atoms with E-state index < -0.39 is 24.3 Å². The Morgan fingerprint density at radius 1 is 1.25 bits per heavy atom. The summed E-state index contributed by atoms with van der Waals surface area (Å²) in [6.45, 7) is 8.38. The van der Waals surface area contributed by atoms with Crippen LogP contribution in [0.25, 0.3) is 4.85 Å². The van der Waals surface area contributed by atoms with E-state index >= 15 is 0 Å². The van der Waals surface area contributed by atoms with Crippen LogP contribution in [-0.2, 0) is 11.2 Å². The lowest BCUT2D eigenvalue weighted by Gasteiger charge is -2.17. The molecule has 1 atom stereocenters. The molecule has 0 unspecified atom stereocenters. The number of halogens is 1. The van der Waals surface area contributed by atoms with Crippen LogP contribution in [0.1, 0.15) is 27.0 Å². The second kappa shape index (κ2) is 9.52. The average Bonchev–Trinajstić information content (AvgIpc) is 2.73. The smallest absolute Gasteiger partial charge is 0.269 e. The second-order valence-corrected chi connectivity index (χ2v) is 6.39. The summed E-state index contributed by atoms with van der Waals surface area (Å²) in [7, 11) is 0. The first-order valence-corrected chi connectivity index (χ1v) is 8.65. The van der Waals surface area contributed by atoms with Crippen molar-refractivity contribution in [2.24, 2.45) is 5.92 Å². The number of rotatable bonds is 5. The minimum atomic E-state index is -0.810. The molecule has 3 N–H and O–H groups in total. The molecule has 2 aromatic rings. The van der Waals surface area contributed by atoms with Crippen LogP contribution in [0.4, 0.5) is 5.69 Å². The molecule has 2 aromatic carbocycles. The number of hydrazine groups is 1. The number of aliphatic hydroxyl groups is 1. The Hall–Kier alpha value is -3.39. The van der Waals surface area contributed by atoms with E-state index in [4.69, 9.17) is 23.4 Å². The zero-order chi connectivity index (χ0) is 20.7. The number of benzene rings is 2. The first kappa shape index (κ1) is 20.9. The fourth-order valence-corrected chi connectivity index (χ4v) is 2.74. The maximum absolute atomic E-state index is 12.3. The predicted octanol–water partition coefficient (Wildman–Crippen LogP) is 2.68. The quantitative estimate of drug-likeness (QED) is 0.533. The minimum absolute atomic E-state index is 0.193. The van der Waals surface area contributed by atoms with Crippen molar-refractivity contribution in [3.8, 4) is 6.07 Å². The van der Waals surface area contributed by atoms with E-state index in [0.29, 0.717) is 21.8 Å². The number of nitrogens with zero attached hydrogens (tertiary/aromatic N) is 2. The van der Waals surface area contributed by atoms with E-state index in [1.807, 2.05) is 6.07 Å². The lowest BCUT2D eigenvalue weighted by Crippen LogP contribution is -2.45. The van der Waals surface area contributed by atoms with Gasteiger partial charge in [0, 0.05) is 5.56 Å². The van der Waals surface area contributed by atoms with Crippen molar-refractivity contribution in [1.82, 2.24) is 10.9 Å². The van der Waals surface area contributed by atoms with Gasteiger partial charge in [-0.25, -0.2) is 4.85 Å². The van der Waals surface area contributed by atoms with Crippen LogP contribution in [-0.4, -0.2) is 23.5 Å². The van der Waals surface area contributed by atoms with Gasteiger partial charge in [0.15, 0.2) is 0 Å². The number of aliphatic hydroxyl groups excluding tert-OH is 1. The molecular formula is C20H17ClN4O3. The van der Waals surface area contributed by atoms with Crippen molar-refractivity contribution in [3.05, 3.63) is 75.1 Å². The summed E-state index contributed by atoms with van der Waals surface area (Å²) >= 11 is 6.14. The van der Waals surface area contributed by atoms with Crippen molar-refractivity contribution >= 4 is 29.1 Å². The van der Waals surface area contributed by atoms with Gasteiger partial charge in [0.2, 0.25) is 11.6 Å². The van der Waals surface area contributed by atoms with Gasteiger partial charge in [-0.1, -0.05) is 23.7 Å². The summed E-state index contributed by atoms with van der Waals surface area (Å²) < 4.78 is 0. The molecule has 142 valence electrons. The van der Waals surface area contributed by atoms with Crippen LogP contribution < -0.4 is 10.9 Å². The van der Waals surface area contributed by atoms with Crippen LogP contribution >= 0.6 is 11.6 Å². The SMILES string of the molecule is [C-]#[N+]c1ccc(C[C@H](CO)C(=O)NNC(=O)c2ccc(C#N)cc2)c(C)c1Cl. The Balaban J connectivity index is 2.02. The van der Waals surface area contributed by atoms with E-state index in [1.165, 1.54) is 24.3 Å². The first-order valence-electron chi connectivity index (χ1n) is 8.28. The molecule has 0 spiro atoms. The van der Waals surface area contributed by atoms with Crippen molar-refractivity contribution in [2.75, 3.05) is 6.61 Å². The third-order valence-corrected chi connectivity index (χ3v) is 4.71. The van der Waals surface area contributed by atoms with Crippen molar-refractivity contribution in [1.29, 1.82) is 5.26 Å². The Kier molecular flexibility index (Phi) is 7.11. The Morgan fingerprint density at radius 2 is 1.93 bits per heavy atom. The maximum atomic E-state index is 12.3. The number of hydrogen-bond donors (Lipinski definition) is 3. The first-order chi connectivity index (χ1) is 13.4. The van der Waals surface area contributed by atoms with Gasteiger partial charge in [0.05, 0.1) is 35.8 Å². The van der Waals surface area contributed by atoms with Gasteiger partial charge in [0.25, 0.3) is 5.91 Å². The van der Waals surface area contributed by atoms with Gasteiger partial charge >= 0.3 is 0 Å². The molecule has 0 aliphatic carbocycles. The fourth-order valence-electron chi connectivity index (χ4n) is 2.51. The molecule has 8 heteroatoms. The van der Waals surface area contributed by atoms with Crippen LogP contribution in [0.3, 0.4) is 0 Å². The molecule has 2 amide bonds. The molecule has 0 saturated carbocycles. The zero-order valence-electron chi connectivity index (χ0n) is 15.0. The van der Waals surface area contributed by atoms with E-state index in [9.17, 15) is 14.7 Å². The van der Waals surface area contributed by atoms with E-state index in [2.05, 4.69) is 15.7 Å². The number of amides is 2. The largest absolute Gasteiger partial charge is 0.396 e. The molecule has 0 radical (unpaired) electrons. The molecular weight excluding hydrogens is 380 g/mol. The summed E-state index contributed by atoms with van der Waals surface area (Å²) in [5, 5.41) is 18.7. The summed E-state index contributed by atoms with van der Waals surface area (Å²) in [5.41, 5.74) is 6.98. The highest BCUT2D eigenvalue weighted by Crippen LogP contribution is 2.31. The standard InChI is InChI=1S/C20H17ClN4O3/c1-12-15(7-8-17(23-2)18(12)21)9-16(11-26)20(28)25-24-19(27)14-5-3-13(10-22)4-6-14/h3-8,16,26H,9,11H2,1H3,(H,24,27)(H,25,28)/t16-/m1/s1. The fraction of sp³-hybridized carbons (Fsp3) is 0.200. The summed E-state index contributed by atoms with van der Waals surface area (Å²) in [6.07, 6.45) is 0.193. The highest BCUT2D eigenvalue weighted by Gasteiger charge is 2.21. The molecule has 0 bridgehead atoms. The molecule has 0 aliphatic rings. The van der Waals surface area contributed by atoms with Gasteiger partial charge in [-0.15, -0.1) is 0 Å². The van der Waals surface area contributed by atoms with Gasteiger partial charge in [-0.05, 0) is 48.7 Å². The zero-order valence-corrected chi connectivity index (χ0v) is 15.7. The van der Waals surface area contributed by atoms with Gasteiger partial charge in [-0.3, -0.25) is 20.4 Å². The summed E-state index contributed by atoms with van der Waals surface area (Å²) in [5.74, 6) is -1.92. The normalized spacial score (nSPS) is 11.0. The predicted molar refractivity (Wildman–Crippen MR) is 103 cm³/mol. The third kappa shape index (κ3) is 4.86. The third-order valence-electron chi connectivity index (χ3n) is 4.23. The monoisotopic (exact) mass is 396 g/mol. The topological polar surface area (TPSA) is 107 Å². The van der Waals surface area contributed by atoms with Crippen molar-refractivity contribution in [2.45, 2.75) is 13.3 Å². The minimum Gasteiger partial charge on any atom is -0.396 e. The van der Waals surface area contributed by atoms with Gasteiger partial charge < -0.3 is 5.11 Å². The number of nitriles is 1. The van der Waals surface area contributed by atoms with Gasteiger partial charge in [-0.2, -0.15) is 5.26 Å². The highest BCUT2D eigenvalue weighted by molar-refractivity contribution is 6.34. The van der Waals surface area contributed by atoms with E-state index in [0.717, 1.165) is 5.56 Å². The van der Waals surface area contributed by atoms with E-state index in [-0.39, 0.29) is 12.0 Å². The molecule has 28 heavy (non-hydrogen) atoms. The number of hydrogen-bond acceptors (Lipinski definition) is 4. The maximum Gasteiger partial charge on any atom is 0.269 e. The Morgan fingerprint density at radius 3 is 2.50 bits per heavy atom. The molecule has 0 aromatic heterocycles. The number of carbonyl (C=O) groups is 2. The molecule has 0 heterocycles. The van der Waals surface area contributed by atoms with Crippen LogP contribution in [0.5, 0.6) is 0 Å². The molecule has 0 aliphatic heterocycles. The Labute approximate surface area is 167 Å². The van der Waals surface area contributed by atoms with Crippen molar-refractivity contribution < 1.29 is 14.7 Å². The molecule has 2 rings (SSSR count). The van der Waals surface area contributed by atoms with Crippen LogP contribution in [0, 0.1) is 30.7 Å².